The second-order valence-electron chi connectivity index (χ2n) is 5.57. The monoisotopic (exact) mass is 407 g/mol. The number of carbonyl (C=O) groups is 1. The van der Waals surface area contributed by atoms with E-state index in [1.54, 1.807) is 39.0 Å². The fourth-order valence-corrected chi connectivity index (χ4v) is 4.94. The van der Waals surface area contributed by atoms with Crippen LogP contribution in [-0.2, 0) is 14.8 Å². The van der Waals surface area contributed by atoms with Crippen LogP contribution >= 0.6 is 11.3 Å². The van der Waals surface area contributed by atoms with Gasteiger partial charge in [-0.1, -0.05) is 11.2 Å². The fourth-order valence-electron chi connectivity index (χ4n) is 2.38. The molecule has 3 rings (SSSR count). The summed E-state index contributed by atoms with van der Waals surface area (Å²) in [6.07, 6.45) is 0. The van der Waals surface area contributed by atoms with E-state index in [-0.39, 0.29) is 22.8 Å². The molecular weight excluding hydrogens is 390 g/mol. The smallest absolute Gasteiger partial charge is 0.338 e. The maximum Gasteiger partial charge on any atom is 0.338 e. The van der Waals surface area contributed by atoms with Gasteiger partial charge in [0.2, 0.25) is 11.7 Å². The molecule has 3 aromatic rings. The molecule has 0 unspecified atom stereocenters. The van der Waals surface area contributed by atoms with Gasteiger partial charge in [-0.15, -0.1) is 11.3 Å². The van der Waals surface area contributed by atoms with Gasteiger partial charge in [0.25, 0.3) is 10.0 Å². The summed E-state index contributed by atoms with van der Waals surface area (Å²) >= 11 is 1.25. The van der Waals surface area contributed by atoms with Crippen LogP contribution in [0.15, 0.2) is 39.8 Å². The van der Waals surface area contributed by atoms with Crippen molar-refractivity contribution in [2.45, 2.75) is 25.7 Å². The molecular formula is C17H17N3O5S2. The average Bonchev–Trinajstić information content (AvgIpc) is 3.21. The van der Waals surface area contributed by atoms with Gasteiger partial charge in [0, 0.05) is 17.5 Å². The molecule has 0 saturated heterocycles. The first kappa shape index (κ1) is 19.1. The highest BCUT2D eigenvalue weighted by Gasteiger charge is 2.22. The number of rotatable bonds is 6. The quantitative estimate of drug-likeness (QED) is 0.623. The highest BCUT2D eigenvalue weighted by Crippen LogP contribution is 2.33. The van der Waals surface area contributed by atoms with Gasteiger partial charge >= 0.3 is 5.97 Å². The van der Waals surface area contributed by atoms with Gasteiger partial charge in [-0.2, -0.15) is 4.98 Å². The van der Waals surface area contributed by atoms with Gasteiger partial charge < -0.3 is 9.26 Å². The number of hydrogen-bond donors (Lipinski definition) is 1. The Morgan fingerprint density at radius 2 is 2.07 bits per heavy atom. The van der Waals surface area contributed by atoms with Gasteiger partial charge in [-0.3, -0.25) is 4.72 Å². The molecule has 2 aromatic heterocycles. The van der Waals surface area contributed by atoms with E-state index in [9.17, 15) is 13.2 Å². The van der Waals surface area contributed by atoms with E-state index in [2.05, 4.69) is 14.9 Å². The summed E-state index contributed by atoms with van der Waals surface area (Å²) in [4.78, 5) is 17.2. The number of benzene rings is 1. The van der Waals surface area contributed by atoms with Crippen molar-refractivity contribution >= 4 is 33.0 Å². The minimum Gasteiger partial charge on any atom is -0.462 e. The van der Waals surface area contributed by atoms with Crippen LogP contribution in [0.5, 0.6) is 0 Å². The predicted octanol–water partition coefficient (Wildman–Crippen LogP) is 3.39. The van der Waals surface area contributed by atoms with E-state index < -0.39 is 16.0 Å². The molecule has 8 nitrogen and oxygen atoms in total. The number of nitrogens with one attached hydrogen (secondary N) is 1. The summed E-state index contributed by atoms with van der Waals surface area (Å²) in [6, 6.07) is 7.63. The third-order valence-electron chi connectivity index (χ3n) is 3.54. The summed E-state index contributed by atoms with van der Waals surface area (Å²) in [5.41, 5.74) is 0.533. The first-order valence-corrected chi connectivity index (χ1v) is 10.3. The van der Waals surface area contributed by atoms with Crippen molar-refractivity contribution in [3.63, 3.8) is 0 Å². The molecule has 0 bridgehead atoms. The molecule has 0 spiro atoms. The second-order valence-corrected chi connectivity index (χ2v) is 8.48. The minimum atomic E-state index is -3.86. The van der Waals surface area contributed by atoms with Crippen LogP contribution in [0.25, 0.3) is 10.7 Å². The van der Waals surface area contributed by atoms with E-state index in [1.807, 2.05) is 0 Å². The first-order valence-electron chi connectivity index (χ1n) is 8.01. The largest absolute Gasteiger partial charge is 0.462 e. The number of esters is 1. The van der Waals surface area contributed by atoms with Crippen molar-refractivity contribution in [2.75, 3.05) is 11.3 Å². The highest BCUT2D eigenvalue weighted by atomic mass is 32.2. The van der Waals surface area contributed by atoms with Crippen molar-refractivity contribution in [1.82, 2.24) is 10.1 Å². The van der Waals surface area contributed by atoms with E-state index >= 15 is 0 Å². The maximum absolute atomic E-state index is 12.8. The van der Waals surface area contributed by atoms with Gasteiger partial charge in [-0.05, 0) is 38.1 Å². The number of nitrogens with zero attached hydrogens (tertiary/aromatic N) is 2. The number of ether oxygens (including phenoxy) is 1. The normalized spacial score (nSPS) is 11.4. The summed E-state index contributed by atoms with van der Waals surface area (Å²) in [7, 11) is -3.86. The third-order valence-corrected chi connectivity index (χ3v) is 6.22. The standard InChI is InChI=1S/C17H17N3O5S2/c1-4-24-17(21)12-6-5-7-13(8-12)20-27(22,23)15-9-14(26-10(15)2)16-18-11(3)25-19-16/h5-9,20H,4H2,1-3H3. The molecule has 2 heterocycles. The summed E-state index contributed by atoms with van der Waals surface area (Å²) in [5, 5.41) is 3.81. The molecule has 0 amide bonds. The lowest BCUT2D eigenvalue weighted by Crippen LogP contribution is -2.14. The van der Waals surface area contributed by atoms with Crippen LogP contribution < -0.4 is 4.72 Å². The van der Waals surface area contributed by atoms with Crippen molar-refractivity contribution < 1.29 is 22.5 Å². The lowest BCUT2D eigenvalue weighted by molar-refractivity contribution is 0.0526. The van der Waals surface area contributed by atoms with E-state index in [1.165, 1.54) is 23.5 Å². The molecule has 1 N–H and O–H groups in total. The summed E-state index contributed by atoms with van der Waals surface area (Å²) in [5.74, 6) is 0.223. The number of sulfonamides is 1. The number of hydrogen-bond acceptors (Lipinski definition) is 8. The number of anilines is 1. The van der Waals surface area contributed by atoms with E-state index in [0.29, 0.717) is 21.5 Å². The minimum absolute atomic E-state index is 0.117. The maximum atomic E-state index is 12.8. The molecule has 1 aromatic carbocycles. The number of aromatic nitrogens is 2. The Balaban J connectivity index is 1.88. The zero-order valence-electron chi connectivity index (χ0n) is 14.8. The molecule has 27 heavy (non-hydrogen) atoms. The molecule has 0 aliphatic carbocycles. The molecule has 10 heteroatoms. The van der Waals surface area contributed by atoms with Gasteiger partial charge in [0.1, 0.15) is 4.90 Å². The van der Waals surface area contributed by atoms with Crippen LogP contribution in [-0.4, -0.2) is 31.1 Å². The van der Waals surface area contributed by atoms with Crippen LogP contribution in [0.4, 0.5) is 5.69 Å². The molecule has 0 aliphatic heterocycles. The Morgan fingerprint density at radius 1 is 1.30 bits per heavy atom. The average molecular weight is 407 g/mol. The Bertz CT molecular complexity index is 1090. The molecule has 142 valence electrons. The molecule has 0 fully saturated rings. The lowest BCUT2D eigenvalue weighted by atomic mass is 10.2. The van der Waals surface area contributed by atoms with Crippen molar-refractivity contribution in [1.29, 1.82) is 0 Å². The highest BCUT2D eigenvalue weighted by molar-refractivity contribution is 7.93. The second kappa shape index (κ2) is 7.49. The van der Waals surface area contributed by atoms with Gasteiger partial charge in [0.15, 0.2) is 0 Å². The molecule has 0 saturated carbocycles. The number of aryl methyl sites for hydroxylation is 2. The Morgan fingerprint density at radius 3 is 2.74 bits per heavy atom. The SMILES string of the molecule is CCOC(=O)c1cccc(NS(=O)(=O)c2cc(-c3noc(C)n3)sc2C)c1. The van der Waals surface area contributed by atoms with Crippen molar-refractivity contribution in [3.8, 4) is 10.7 Å². The predicted molar refractivity (Wildman–Crippen MR) is 100 cm³/mol. The van der Waals surface area contributed by atoms with Crippen LogP contribution in [0, 0.1) is 13.8 Å². The van der Waals surface area contributed by atoms with Crippen LogP contribution in [0.1, 0.15) is 28.0 Å². The lowest BCUT2D eigenvalue weighted by Gasteiger charge is -2.09. The van der Waals surface area contributed by atoms with Crippen LogP contribution in [0.3, 0.4) is 0 Å². The molecule has 0 radical (unpaired) electrons. The van der Waals surface area contributed by atoms with E-state index in [0.717, 1.165) is 0 Å². The van der Waals surface area contributed by atoms with E-state index in [4.69, 9.17) is 9.26 Å². The summed E-state index contributed by atoms with van der Waals surface area (Å²) in [6.45, 7) is 5.30. The van der Waals surface area contributed by atoms with Gasteiger partial charge in [-0.25, -0.2) is 13.2 Å². The zero-order valence-corrected chi connectivity index (χ0v) is 16.5. The number of carbonyl (C=O) groups excluding carboxylic acids is 1. The summed E-state index contributed by atoms with van der Waals surface area (Å²) < 4.78 is 38.0. The van der Waals surface area contributed by atoms with Crippen molar-refractivity contribution in [3.05, 3.63) is 46.7 Å². The zero-order chi connectivity index (χ0) is 19.6. The van der Waals surface area contributed by atoms with Crippen LogP contribution in [0.2, 0.25) is 0 Å². The molecule has 0 atom stereocenters. The molecule has 0 aliphatic rings. The Hall–Kier alpha value is -2.72. The van der Waals surface area contributed by atoms with Crippen molar-refractivity contribution in [2.24, 2.45) is 0 Å². The Kier molecular flexibility index (Phi) is 5.29. The number of thiophene rings is 1. The fraction of sp³-hybridized carbons (Fsp3) is 0.235. The Labute approximate surface area is 160 Å². The first-order chi connectivity index (χ1) is 12.8. The third kappa shape index (κ3) is 4.17. The topological polar surface area (TPSA) is 111 Å². The van der Waals surface area contributed by atoms with Gasteiger partial charge in [0.05, 0.1) is 17.0 Å².